The molecule has 0 aromatic heterocycles. The van der Waals surface area contributed by atoms with Crippen LogP contribution in [0.15, 0.2) is 0 Å². The molecule has 6 atom stereocenters. The highest BCUT2D eigenvalue weighted by molar-refractivity contribution is 7.47. The minimum Gasteiger partial charge on any atom is -0.462 e. The van der Waals surface area contributed by atoms with Crippen LogP contribution in [-0.4, -0.2) is 96.7 Å². The zero-order valence-corrected chi connectivity index (χ0v) is 66.9. The summed E-state index contributed by atoms with van der Waals surface area (Å²) in [7, 11) is -9.92. The predicted molar refractivity (Wildman–Crippen MR) is 404 cm³/mol. The highest BCUT2D eigenvalue weighted by Crippen LogP contribution is 2.45. The SMILES string of the molecule is CCC(C)CCCCCCCCC(=O)OC[C@H](COP(=O)(O)OC[C@H](O)COP(=O)(O)OC[C@@H](COC(=O)CCCCCCCCCCCCC(C)C)OC(=O)CCCCCCCCCCCCCCCCC(C)C)OC(=O)CCCCCCCCCCCCCCCCCCC(C)C. The van der Waals surface area contributed by atoms with Crippen molar-refractivity contribution < 1.29 is 80.2 Å². The van der Waals surface area contributed by atoms with Crippen molar-refractivity contribution >= 4 is 39.5 Å². The Balaban J connectivity index is 5.23. The van der Waals surface area contributed by atoms with E-state index in [1.807, 2.05) is 0 Å². The lowest BCUT2D eigenvalue weighted by Crippen LogP contribution is -2.30. The first kappa shape index (κ1) is 97.1. The van der Waals surface area contributed by atoms with Crippen molar-refractivity contribution in [1.29, 1.82) is 0 Å². The molecule has 0 aliphatic carbocycles. The third-order valence-corrected chi connectivity index (χ3v) is 20.8. The van der Waals surface area contributed by atoms with Crippen molar-refractivity contribution in [2.45, 2.75) is 427 Å². The van der Waals surface area contributed by atoms with Gasteiger partial charge in [-0.25, -0.2) is 9.13 Å². The summed E-state index contributed by atoms with van der Waals surface area (Å²) in [5.41, 5.74) is 0. The van der Waals surface area contributed by atoms with Crippen molar-refractivity contribution in [1.82, 2.24) is 0 Å². The summed E-state index contributed by atoms with van der Waals surface area (Å²) in [6.07, 6.45) is 55.5. The molecule has 0 aromatic carbocycles. The van der Waals surface area contributed by atoms with Gasteiger partial charge in [0.2, 0.25) is 0 Å². The molecule has 0 heterocycles. The highest BCUT2D eigenvalue weighted by atomic mass is 31.2. The first-order chi connectivity index (χ1) is 47.6. The second-order valence-corrected chi connectivity index (χ2v) is 33.4. The van der Waals surface area contributed by atoms with Crippen molar-refractivity contribution in [2.24, 2.45) is 23.7 Å². The van der Waals surface area contributed by atoms with Crippen molar-refractivity contribution in [3.05, 3.63) is 0 Å². The van der Waals surface area contributed by atoms with E-state index < -0.39 is 97.5 Å². The van der Waals surface area contributed by atoms with E-state index in [4.69, 9.17) is 37.0 Å². The van der Waals surface area contributed by atoms with E-state index in [0.29, 0.717) is 25.7 Å². The maximum absolute atomic E-state index is 13.1. The third kappa shape index (κ3) is 72.8. The first-order valence-corrected chi connectivity index (χ1v) is 44.2. The van der Waals surface area contributed by atoms with E-state index in [1.165, 1.54) is 205 Å². The molecule has 0 fully saturated rings. The van der Waals surface area contributed by atoms with E-state index in [9.17, 15) is 43.2 Å². The molecule has 19 heteroatoms. The van der Waals surface area contributed by atoms with Gasteiger partial charge in [0, 0.05) is 25.7 Å². The second-order valence-electron chi connectivity index (χ2n) is 30.5. The molecule has 0 saturated carbocycles. The third-order valence-electron chi connectivity index (χ3n) is 18.9. The molecule has 17 nitrogen and oxygen atoms in total. The number of phosphoric acid groups is 2. The smallest absolute Gasteiger partial charge is 0.462 e. The molecule has 588 valence electrons. The van der Waals surface area contributed by atoms with E-state index in [2.05, 4.69) is 55.4 Å². The van der Waals surface area contributed by atoms with Crippen LogP contribution in [0.5, 0.6) is 0 Å². The number of hydrogen-bond donors (Lipinski definition) is 3. The van der Waals surface area contributed by atoms with Crippen molar-refractivity contribution in [3.63, 3.8) is 0 Å². The molecule has 3 N–H and O–H groups in total. The van der Waals surface area contributed by atoms with Crippen LogP contribution in [0.25, 0.3) is 0 Å². The van der Waals surface area contributed by atoms with Crippen LogP contribution in [0, 0.1) is 23.7 Å². The fraction of sp³-hybridized carbons (Fsp3) is 0.950. The lowest BCUT2D eigenvalue weighted by atomic mass is 10.00. The van der Waals surface area contributed by atoms with Gasteiger partial charge in [-0.05, 0) is 49.4 Å². The van der Waals surface area contributed by atoms with Crippen LogP contribution in [0.2, 0.25) is 0 Å². The van der Waals surface area contributed by atoms with Gasteiger partial charge in [0.25, 0.3) is 0 Å². The van der Waals surface area contributed by atoms with E-state index in [0.717, 1.165) is 120 Å². The molecule has 0 amide bonds. The van der Waals surface area contributed by atoms with Gasteiger partial charge in [-0.15, -0.1) is 0 Å². The Morgan fingerprint density at radius 1 is 0.283 bits per heavy atom. The molecule has 0 saturated heterocycles. The molecule has 0 aliphatic heterocycles. The Bertz CT molecular complexity index is 1940. The van der Waals surface area contributed by atoms with Gasteiger partial charge in [-0.1, -0.05) is 357 Å². The lowest BCUT2D eigenvalue weighted by Gasteiger charge is -2.21. The number of aliphatic hydroxyl groups is 1. The summed E-state index contributed by atoms with van der Waals surface area (Å²) in [5.74, 6) is 0.978. The number of rotatable bonds is 77. The molecule has 0 aliphatic rings. The first-order valence-electron chi connectivity index (χ1n) is 41.2. The summed E-state index contributed by atoms with van der Waals surface area (Å²) in [4.78, 5) is 73.0. The van der Waals surface area contributed by atoms with Gasteiger partial charge in [-0.3, -0.25) is 37.3 Å². The van der Waals surface area contributed by atoms with Crippen LogP contribution in [0.4, 0.5) is 0 Å². The maximum Gasteiger partial charge on any atom is 0.472 e. The number of carbonyl (C=O) groups is 4. The van der Waals surface area contributed by atoms with E-state index in [1.54, 1.807) is 0 Å². The topological polar surface area (TPSA) is 237 Å². The molecule has 0 aromatic rings. The van der Waals surface area contributed by atoms with Crippen LogP contribution in [0.1, 0.15) is 409 Å². The molecular weight excluding hydrogens is 1290 g/mol. The summed E-state index contributed by atoms with van der Waals surface area (Å²) in [6.45, 7) is 14.2. The number of carbonyl (C=O) groups excluding carboxylic acids is 4. The van der Waals surface area contributed by atoms with Gasteiger partial charge in [0.05, 0.1) is 26.4 Å². The Morgan fingerprint density at radius 3 is 0.717 bits per heavy atom. The highest BCUT2D eigenvalue weighted by Gasteiger charge is 2.30. The van der Waals surface area contributed by atoms with Crippen molar-refractivity contribution in [3.8, 4) is 0 Å². The minimum absolute atomic E-state index is 0.107. The number of ether oxygens (including phenoxy) is 4. The van der Waals surface area contributed by atoms with E-state index in [-0.39, 0.29) is 25.7 Å². The standard InChI is InChI=1S/C80H156O17P2/c1-9-73(8)59-51-43-38-39-45-53-61-78(83)91-67-76(97-80(85)63-54-46-36-30-22-18-13-11-10-12-16-20-26-32-40-48-56-70(2)3)69-95-99(88,89)93-65-74(81)64-92-98(86,87)94-68-75(66-90-77(82)60-52-44-35-29-25-24-28-34-42-50-58-72(6)7)96-79(84)62-55-47-37-31-23-19-15-14-17-21-27-33-41-49-57-71(4)5/h70-76,81H,9-69H2,1-8H3,(H,86,87)(H,88,89)/t73?,74-,75-,76-/m1/s1. The van der Waals surface area contributed by atoms with Gasteiger partial charge >= 0.3 is 39.5 Å². The maximum atomic E-state index is 13.1. The Hall–Kier alpha value is -1.94. The van der Waals surface area contributed by atoms with Gasteiger partial charge in [0.15, 0.2) is 12.2 Å². The fourth-order valence-electron chi connectivity index (χ4n) is 12.2. The lowest BCUT2D eigenvalue weighted by molar-refractivity contribution is -0.161. The van der Waals surface area contributed by atoms with Crippen LogP contribution < -0.4 is 0 Å². The quantitative estimate of drug-likeness (QED) is 0.0222. The molecule has 0 bridgehead atoms. The molecular formula is C80H156O17P2. The zero-order valence-electron chi connectivity index (χ0n) is 65.1. The second kappa shape index (κ2) is 69.1. The average molecular weight is 1450 g/mol. The number of unbranched alkanes of at least 4 members (excludes halogenated alkanes) is 42. The molecule has 3 unspecified atom stereocenters. The summed E-state index contributed by atoms with van der Waals surface area (Å²) in [5, 5.41) is 10.6. The summed E-state index contributed by atoms with van der Waals surface area (Å²) in [6, 6.07) is 0. The van der Waals surface area contributed by atoms with E-state index >= 15 is 0 Å². The Labute approximate surface area is 607 Å². The number of hydrogen-bond acceptors (Lipinski definition) is 15. The van der Waals surface area contributed by atoms with Gasteiger partial charge in [0.1, 0.15) is 19.3 Å². The van der Waals surface area contributed by atoms with Crippen LogP contribution in [-0.2, 0) is 65.4 Å². The van der Waals surface area contributed by atoms with Crippen molar-refractivity contribution in [2.75, 3.05) is 39.6 Å². The minimum atomic E-state index is -4.96. The molecule has 0 radical (unpaired) electrons. The number of esters is 4. The Kier molecular flexibility index (Phi) is 67.8. The fourth-order valence-corrected chi connectivity index (χ4v) is 13.8. The molecule has 99 heavy (non-hydrogen) atoms. The van der Waals surface area contributed by atoms with Gasteiger partial charge < -0.3 is 33.8 Å². The molecule has 0 rings (SSSR count). The monoisotopic (exact) mass is 1450 g/mol. The zero-order chi connectivity index (χ0) is 73.1. The van der Waals surface area contributed by atoms with Gasteiger partial charge in [-0.2, -0.15) is 0 Å². The number of aliphatic hydroxyl groups excluding tert-OH is 1. The average Bonchev–Trinajstić information content (AvgIpc) is 1.01. The largest absolute Gasteiger partial charge is 0.472 e. The predicted octanol–water partition coefficient (Wildman–Crippen LogP) is 23.6. The summed E-state index contributed by atoms with van der Waals surface area (Å²) >= 11 is 0. The van der Waals surface area contributed by atoms with Crippen LogP contribution in [0.3, 0.4) is 0 Å². The normalized spacial score (nSPS) is 14.3. The number of phosphoric ester groups is 2. The molecule has 0 spiro atoms. The van der Waals surface area contributed by atoms with Crippen LogP contribution >= 0.6 is 15.6 Å². The Morgan fingerprint density at radius 2 is 0.485 bits per heavy atom. The summed E-state index contributed by atoms with van der Waals surface area (Å²) < 4.78 is 68.7.